The lowest BCUT2D eigenvalue weighted by atomic mass is 10.0. The average Bonchev–Trinajstić information content (AvgIpc) is 2.64. The molecule has 1 aromatic rings. The van der Waals surface area contributed by atoms with E-state index in [-0.39, 0.29) is 0 Å². The number of hydrogen-bond acceptors (Lipinski definition) is 2. The third-order valence-electron chi connectivity index (χ3n) is 2.88. The van der Waals surface area contributed by atoms with Crippen LogP contribution in [0.15, 0.2) is 18.2 Å². The molecule has 1 aliphatic rings. The minimum atomic E-state index is 0.322. The molecule has 0 aromatic heterocycles. The average molecular weight is 205 g/mol. The Kier molecular flexibility index (Phi) is 3.27. The van der Waals surface area contributed by atoms with Gasteiger partial charge in [-0.2, -0.15) is 0 Å². The molecule has 0 amide bonds. The van der Waals surface area contributed by atoms with Gasteiger partial charge in [-0.3, -0.25) is 0 Å². The van der Waals surface area contributed by atoms with Crippen LogP contribution in [0.4, 0.5) is 0 Å². The highest BCUT2D eigenvalue weighted by molar-refractivity contribution is 5.39. The molecule has 0 spiro atoms. The molecular formula is C13H19NO. The van der Waals surface area contributed by atoms with E-state index in [9.17, 15) is 0 Å². The summed E-state index contributed by atoms with van der Waals surface area (Å²) in [6.45, 7) is 2.91. The molecule has 1 unspecified atom stereocenters. The largest absolute Gasteiger partial charge is 0.493 e. The molecule has 15 heavy (non-hydrogen) atoms. The molecule has 2 nitrogen and oxygen atoms in total. The lowest BCUT2D eigenvalue weighted by Gasteiger charge is -2.06. The molecule has 0 radical (unpaired) electrons. The van der Waals surface area contributed by atoms with Crippen molar-refractivity contribution in [1.29, 1.82) is 0 Å². The first-order valence-corrected chi connectivity index (χ1v) is 5.76. The first-order valence-electron chi connectivity index (χ1n) is 5.76. The quantitative estimate of drug-likeness (QED) is 0.818. The zero-order valence-corrected chi connectivity index (χ0v) is 9.33. The molecule has 1 heterocycles. The fourth-order valence-corrected chi connectivity index (χ4v) is 2.02. The van der Waals surface area contributed by atoms with Crippen molar-refractivity contribution in [3.05, 3.63) is 29.3 Å². The summed E-state index contributed by atoms with van der Waals surface area (Å²) in [5, 5.41) is 0. The maximum Gasteiger partial charge on any atom is 0.122 e. The van der Waals surface area contributed by atoms with E-state index in [1.165, 1.54) is 17.5 Å². The number of nitrogens with two attached hydrogens (primary N) is 1. The Bertz CT molecular complexity index is 333. The molecule has 1 atom stereocenters. The van der Waals surface area contributed by atoms with Gasteiger partial charge in [0.15, 0.2) is 0 Å². The normalized spacial score (nSPS) is 15.9. The lowest BCUT2D eigenvalue weighted by Crippen LogP contribution is -2.14. The van der Waals surface area contributed by atoms with Gasteiger partial charge in [0, 0.05) is 12.5 Å². The highest BCUT2D eigenvalue weighted by Crippen LogP contribution is 2.26. The van der Waals surface area contributed by atoms with E-state index < -0.39 is 0 Å². The Balaban J connectivity index is 1.92. The van der Waals surface area contributed by atoms with Crippen LogP contribution in [0.2, 0.25) is 0 Å². The smallest absolute Gasteiger partial charge is 0.122 e. The molecule has 2 heteroatoms. The Morgan fingerprint density at radius 1 is 1.47 bits per heavy atom. The number of fused-ring (bicyclic) bond motifs is 1. The van der Waals surface area contributed by atoms with Gasteiger partial charge in [0.2, 0.25) is 0 Å². The standard InChI is InChI=1S/C13H19NO/c1-10(14)3-2-4-11-5-6-13-12(9-11)7-8-15-13/h5-6,9-10H,2-4,7-8,14H2,1H3. The minimum Gasteiger partial charge on any atom is -0.493 e. The fraction of sp³-hybridized carbons (Fsp3) is 0.538. The van der Waals surface area contributed by atoms with Crippen LogP contribution in [0.5, 0.6) is 5.75 Å². The summed E-state index contributed by atoms with van der Waals surface area (Å²) in [6, 6.07) is 6.88. The number of ether oxygens (including phenoxy) is 1. The minimum absolute atomic E-state index is 0.322. The topological polar surface area (TPSA) is 35.2 Å². The Labute approximate surface area is 91.4 Å². The summed E-state index contributed by atoms with van der Waals surface area (Å²) >= 11 is 0. The van der Waals surface area contributed by atoms with Crippen LogP contribution in [0.25, 0.3) is 0 Å². The second-order valence-electron chi connectivity index (χ2n) is 4.41. The summed E-state index contributed by atoms with van der Waals surface area (Å²) in [4.78, 5) is 0. The van der Waals surface area contributed by atoms with Crippen LogP contribution in [0, 0.1) is 0 Å². The maximum absolute atomic E-state index is 5.73. The van der Waals surface area contributed by atoms with Crippen molar-refractivity contribution < 1.29 is 4.74 Å². The van der Waals surface area contributed by atoms with Crippen molar-refractivity contribution >= 4 is 0 Å². The van der Waals surface area contributed by atoms with Gasteiger partial charge >= 0.3 is 0 Å². The molecule has 2 rings (SSSR count). The molecule has 0 bridgehead atoms. The van der Waals surface area contributed by atoms with Crippen LogP contribution in [0.3, 0.4) is 0 Å². The first kappa shape index (κ1) is 10.5. The summed E-state index contributed by atoms with van der Waals surface area (Å²) in [7, 11) is 0. The van der Waals surface area contributed by atoms with Gasteiger partial charge in [0.25, 0.3) is 0 Å². The van der Waals surface area contributed by atoms with E-state index in [4.69, 9.17) is 10.5 Å². The van der Waals surface area contributed by atoms with Crippen molar-refractivity contribution in [1.82, 2.24) is 0 Å². The van der Waals surface area contributed by atoms with E-state index in [1.807, 2.05) is 0 Å². The Morgan fingerprint density at radius 3 is 3.13 bits per heavy atom. The predicted molar refractivity (Wildman–Crippen MR) is 62.2 cm³/mol. The molecule has 0 fully saturated rings. The van der Waals surface area contributed by atoms with Gasteiger partial charge in [-0.15, -0.1) is 0 Å². The Morgan fingerprint density at radius 2 is 2.33 bits per heavy atom. The van der Waals surface area contributed by atoms with Gasteiger partial charge in [0.05, 0.1) is 6.61 Å². The van der Waals surface area contributed by atoms with E-state index >= 15 is 0 Å². The van der Waals surface area contributed by atoms with Crippen LogP contribution >= 0.6 is 0 Å². The van der Waals surface area contributed by atoms with Gasteiger partial charge in [-0.05, 0) is 43.4 Å². The van der Waals surface area contributed by atoms with Crippen molar-refractivity contribution in [2.75, 3.05) is 6.61 Å². The van der Waals surface area contributed by atoms with Gasteiger partial charge in [0.1, 0.15) is 5.75 Å². The number of benzene rings is 1. The zero-order valence-electron chi connectivity index (χ0n) is 9.33. The van der Waals surface area contributed by atoms with Crippen LogP contribution in [-0.4, -0.2) is 12.6 Å². The lowest BCUT2D eigenvalue weighted by molar-refractivity contribution is 0.357. The zero-order chi connectivity index (χ0) is 10.7. The molecule has 0 aliphatic carbocycles. The second-order valence-corrected chi connectivity index (χ2v) is 4.41. The SMILES string of the molecule is CC(N)CCCc1ccc2c(c1)CCO2. The molecule has 0 saturated carbocycles. The highest BCUT2D eigenvalue weighted by Gasteiger charge is 2.11. The monoisotopic (exact) mass is 205 g/mol. The first-order chi connectivity index (χ1) is 7.25. The molecule has 1 aliphatic heterocycles. The third kappa shape index (κ3) is 2.72. The van der Waals surface area contributed by atoms with Gasteiger partial charge in [-0.25, -0.2) is 0 Å². The Hall–Kier alpha value is -1.02. The van der Waals surface area contributed by atoms with Gasteiger partial charge in [-0.1, -0.05) is 12.1 Å². The van der Waals surface area contributed by atoms with E-state index in [0.29, 0.717) is 6.04 Å². The predicted octanol–water partition coefficient (Wildman–Crippen LogP) is 2.29. The van der Waals surface area contributed by atoms with Crippen LogP contribution in [-0.2, 0) is 12.8 Å². The highest BCUT2D eigenvalue weighted by atomic mass is 16.5. The van der Waals surface area contributed by atoms with E-state index in [2.05, 4.69) is 25.1 Å². The molecule has 1 aromatic carbocycles. The molecule has 2 N–H and O–H groups in total. The second kappa shape index (κ2) is 4.67. The van der Waals surface area contributed by atoms with Crippen molar-refractivity contribution in [3.63, 3.8) is 0 Å². The number of hydrogen-bond donors (Lipinski definition) is 1. The summed E-state index contributed by atoms with van der Waals surface area (Å²) in [6.07, 6.45) is 4.48. The van der Waals surface area contributed by atoms with Gasteiger partial charge < -0.3 is 10.5 Å². The summed E-state index contributed by atoms with van der Waals surface area (Å²) in [5.74, 6) is 1.07. The molecule has 0 saturated heterocycles. The van der Waals surface area contributed by atoms with Crippen LogP contribution < -0.4 is 10.5 Å². The summed E-state index contributed by atoms with van der Waals surface area (Å²) in [5.41, 5.74) is 8.51. The van der Waals surface area contributed by atoms with Crippen molar-refractivity contribution in [3.8, 4) is 5.75 Å². The van der Waals surface area contributed by atoms with Crippen LogP contribution in [0.1, 0.15) is 30.9 Å². The van der Waals surface area contributed by atoms with Crippen molar-refractivity contribution in [2.24, 2.45) is 5.73 Å². The third-order valence-corrected chi connectivity index (χ3v) is 2.88. The molecular weight excluding hydrogens is 186 g/mol. The number of aryl methyl sites for hydroxylation is 1. The maximum atomic E-state index is 5.73. The fourth-order valence-electron chi connectivity index (χ4n) is 2.02. The molecule has 82 valence electrons. The van der Waals surface area contributed by atoms with Crippen molar-refractivity contribution in [2.45, 2.75) is 38.6 Å². The van der Waals surface area contributed by atoms with E-state index in [0.717, 1.165) is 31.6 Å². The van der Waals surface area contributed by atoms with E-state index in [1.54, 1.807) is 0 Å². The number of rotatable bonds is 4. The summed E-state index contributed by atoms with van der Waals surface area (Å²) < 4.78 is 5.48.